The number of imidazole rings is 3. The molecule has 136 heavy (non-hydrogen) atoms. The van der Waals surface area contributed by atoms with Gasteiger partial charge in [0.1, 0.15) is 49.7 Å². The van der Waals surface area contributed by atoms with E-state index in [1.54, 1.807) is 24.4 Å². The van der Waals surface area contributed by atoms with Gasteiger partial charge in [-0.1, -0.05) is 157 Å². The van der Waals surface area contributed by atoms with Crippen LogP contribution in [-0.2, 0) is 97.2 Å². The summed E-state index contributed by atoms with van der Waals surface area (Å²) in [7, 11) is -7.54. The Morgan fingerprint density at radius 2 is 0.890 bits per heavy atom. The van der Waals surface area contributed by atoms with Crippen molar-refractivity contribution in [2.24, 2.45) is 0 Å². The number of aryl methyl sites for hydroxylation is 3. The number of carbonyl (C=O) groups excluding carboxylic acids is 1. The summed E-state index contributed by atoms with van der Waals surface area (Å²) in [6.07, 6.45) is 10.5. The van der Waals surface area contributed by atoms with Gasteiger partial charge >= 0.3 is 0 Å². The number of hydrogen-bond donors (Lipinski definition) is 5. The van der Waals surface area contributed by atoms with Gasteiger partial charge in [-0.15, -0.1) is 0 Å². The first kappa shape index (κ1) is 106. The molecule has 0 aliphatic carbocycles. The lowest BCUT2D eigenvalue weighted by molar-refractivity contribution is 0.0195. The van der Waals surface area contributed by atoms with Crippen LogP contribution in [0.25, 0.3) is 101 Å². The number of phenols is 1. The van der Waals surface area contributed by atoms with E-state index in [0.29, 0.717) is 121 Å². The molecule has 35 heteroatoms. The summed E-state index contributed by atoms with van der Waals surface area (Å²) < 4.78 is 111. The molecule has 2 aliphatic rings. The highest BCUT2D eigenvalue weighted by molar-refractivity contribution is 6.78. The normalized spacial score (nSPS) is 14.6. The zero-order valence-electron chi connectivity index (χ0n) is 84.2. The average molecular weight is 1970 g/mol. The third kappa shape index (κ3) is 30.8. The van der Waals surface area contributed by atoms with Crippen LogP contribution in [0.15, 0.2) is 110 Å². The second kappa shape index (κ2) is 47.9. The molecule has 2 atom stereocenters. The van der Waals surface area contributed by atoms with Gasteiger partial charge in [0.25, 0.3) is 0 Å². The molecular formula is C101H147F3N14O12Si6. The van der Waals surface area contributed by atoms with Gasteiger partial charge in [-0.25, -0.2) is 37.5 Å². The molecule has 12 aromatic rings. The van der Waals surface area contributed by atoms with Crippen LogP contribution in [-0.4, -0.2) is 210 Å². The van der Waals surface area contributed by atoms with Gasteiger partial charge in [-0.2, -0.15) is 15.3 Å². The highest BCUT2D eigenvalue weighted by Gasteiger charge is 2.29. The fourth-order valence-corrected chi connectivity index (χ4v) is 20.1. The molecule has 0 bridgehead atoms. The number of phenolic OH excluding ortho intramolecular Hbond substituents is 1. The quantitative estimate of drug-likeness (QED) is 0.0103. The zero-order valence-corrected chi connectivity index (χ0v) is 90.2. The third-order valence-electron chi connectivity index (χ3n) is 24.1. The summed E-state index contributed by atoms with van der Waals surface area (Å²) in [6, 6.07) is 34.6. The summed E-state index contributed by atoms with van der Waals surface area (Å²) in [6.45, 7) is 57.4. The van der Waals surface area contributed by atoms with Crippen molar-refractivity contribution >= 4 is 87.4 Å². The fraction of sp³-hybridized carbons (Fsp3) is 0.515. The fourth-order valence-electron chi connectivity index (χ4n) is 15.6. The molecule has 14 rings (SSSR count). The molecule has 5 N–H and O–H groups in total. The summed E-state index contributed by atoms with van der Waals surface area (Å²) in [4.78, 5) is 29.4. The first-order chi connectivity index (χ1) is 64.6. The first-order valence-corrected chi connectivity index (χ1v) is 70.5. The topological polar surface area (TPSA) is 282 Å². The van der Waals surface area contributed by atoms with Gasteiger partial charge in [0.2, 0.25) is 0 Å². The van der Waals surface area contributed by atoms with Crippen LogP contribution in [0.1, 0.15) is 72.2 Å². The van der Waals surface area contributed by atoms with Crippen molar-refractivity contribution in [1.29, 1.82) is 0 Å². The molecule has 6 aromatic carbocycles. The Hall–Kier alpha value is -8.88. The Morgan fingerprint density at radius 1 is 0.478 bits per heavy atom. The summed E-state index contributed by atoms with van der Waals surface area (Å²) in [5.74, 6) is 0.595. The van der Waals surface area contributed by atoms with E-state index in [4.69, 9.17) is 62.5 Å². The Bertz CT molecular complexity index is 5930. The first-order valence-electron chi connectivity index (χ1n) is 48.2. The minimum absolute atomic E-state index is 0.0143. The third-order valence-corrected chi connectivity index (χ3v) is 34.3. The number of benzene rings is 6. The molecule has 2 saturated heterocycles. The molecule has 26 nitrogen and oxygen atoms in total. The van der Waals surface area contributed by atoms with Crippen molar-refractivity contribution < 1.29 is 70.4 Å². The molecule has 0 amide bonds. The maximum Gasteiger partial charge on any atom is 0.189 e. The van der Waals surface area contributed by atoms with Gasteiger partial charge in [0.15, 0.2) is 72.0 Å². The van der Waals surface area contributed by atoms with E-state index in [9.17, 15) is 14.3 Å². The van der Waals surface area contributed by atoms with E-state index in [2.05, 4.69) is 196 Å². The number of aldehydes is 1. The molecule has 0 saturated carbocycles. The van der Waals surface area contributed by atoms with Gasteiger partial charge in [0, 0.05) is 161 Å². The summed E-state index contributed by atoms with van der Waals surface area (Å²) in [5, 5.41) is 37.2. The van der Waals surface area contributed by atoms with E-state index >= 15 is 8.78 Å². The monoisotopic (exact) mass is 1970 g/mol. The van der Waals surface area contributed by atoms with Crippen LogP contribution < -0.4 is 20.1 Å². The molecule has 6 aromatic heterocycles. The van der Waals surface area contributed by atoms with Gasteiger partial charge < -0.3 is 77.2 Å². The van der Waals surface area contributed by atoms with Crippen LogP contribution >= 0.6 is 0 Å². The predicted molar refractivity (Wildman–Crippen MR) is 555 cm³/mol. The predicted octanol–water partition coefficient (Wildman–Crippen LogP) is 22.8. The maximum absolute atomic E-state index is 15.6. The van der Waals surface area contributed by atoms with E-state index in [1.807, 2.05) is 69.5 Å². The van der Waals surface area contributed by atoms with Crippen molar-refractivity contribution in [1.82, 2.24) is 69.5 Å². The van der Waals surface area contributed by atoms with E-state index in [1.165, 1.54) is 12.1 Å². The van der Waals surface area contributed by atoms with Crippen molar-refractivity contribution in [2.45, 2.75) is 259 Å². The molecule has 0 spiro atoms. The Kier molecular flexibility index (Phi) is 37.3. The average Bonchev–Trinajstić information content (AvgIpc) is 1.60. The number of halogens is 3. The summed E-state index contributed by atoms with van der Waals surface area (Å²) >= 11 is 0. The molecule has 0 radical (unpaired) electrons. The number of aromatic hydroxyl groups is 1. The highest BCUT2D eigenvalue weighted by atomic mass is 28.3. The molecule has 8 heterocycles. The van der Waals surface area contributed by atoms with Gasteiger partial charge in [0.05, 0.1) is 41.7 Å². The van der Waals surface area contributed by atoms with Crippen LogP contribution in [0.4, 0.5) is 13.2 Å². The second-order valence-corrected chi connectivity index (χ2v) is 76.7. The number of nitrogens with one attached hydrogen (secondary N) is 4. The van der Waals surface area contributed by atoms with Crippen LogP contribution in [0.3, 0.4) is 0 Å². The minimum Gasteiger partial charge on any atom is -0.505 e. The largest absolute Gasteiger partial charge is 0.505 e. The summed E-state index contributed by atoms with van der Waals surface area (Å²) in [5.41, 5.74) is 14.7. The highest BCUT2D eigenvalue weighted by Crippen LogP contribution is 2.40. The van der Waals surface area contributed by atoms with E-state index in [0.717, 1.165) is 193 Å². The van der Waals surface area contributed by atoms with Crippen molar-refractivity contribution in [3.63, 3.8) is 0 Å². The number of ether oxygens (including phenoxy) is 10. The molecule has 2 unspecified atom stereocenters. The Balaban J connectivity index is 0.000000190. The van der Waals surface area contributed by atoms with Crippen LogP contribution in [0.5, 0.6) is 17.2 Å². The van der Waals surface area contributed by atoms with Crippen LogP contribution in [0.2, 0.25) is 154 Å². The lowest BCUT2D eigenvalue weighted by Crippen LogP contribution is -2.28. The molecule has 2 aliphatic heterocycles. The maximum atomic E-state index is 15.6. The number of carbonyl (C=O) groups is 1. The second-order valence-electron chi connectivity index (χ2n) is 43.0. The SMILES string of the molecule is CCc1cc(O)c(F)cc1-c1ccc2c(-c3ncc(CNC4CCOC4)[nH]3)n[nH]c2c1.CCc1cc(OCOCC[Si](C)(C)C)c(F)cc1-c1ccc2c(-c3nc(C=O)cn3COCC[Si](C)(C)C)nn(COCC[Si](C)(C)C)c2c1.CCc1cc(OCOCC[Si](C)(C)C)c(F)cc1-c1ccc2c(-c3nc(CNC4CCOC4)cn3COCC[Si](C)(C)C)nn(COCC[Si](C)(C)C)c2c1. The molecule has 738 valence electrons. The van der Waals surface area contributed by atoms with Crippen molar-refractivity contribution in [3.05, 3.63) is 161 Å². The van der Waals surface area contributed by atoms with Crippen LogP contribution in [0, 0.1) is 17.5 Å². The number of hydrogen-bond acceptors (Lipinski definition) is 20. The number of aromatic amines is 2. The van der Waals surface area contributed by atoms with Crippen molar-refractivity contribution in [2.75, 3.05) is 79.7 Å². The smallest absolute Gasteiger partial charge is 0.189 e. The number of aromatic nitrogens is 12. The zero-order chi connectivity index (χ0) is 97.9. The van der Waals surface area contributed by atoms with E-state index < -0.39 is 65.9 Å². The number of fused-ring (bicyclic) bond motifs is 3. The van der Waals surface area contributed by atoms with Gasteiger partial charge in [-0.3, -0.25) is 9.89 Å². The lowest BCUT2D eigenvalue weighted by Gasteiger charge is -2.17. The Morgan fingerprint density at radius 3 is 1.33 bits per heavy atom. The lowest BCUT2D eigenvalue weighted by atomic mass is 9.96. The standard InChI is InChI=1S/C41H66FN5O5Si3.C37H57FN4O5Si3.C23H24FN5O2/c1-11-31-23-39(52-30-51-18-21-55(8,9)10)37(42)24-36(31)32-12-13-35-38(22-32)47(29-50-17-20-54(5,6)7)45-40(35)41-44-34(25-43-33-14-15-48-27-33)26-46(41)28-49-16-19-53(2,3)4;1-11-28-21-35(47-27-46-16-19-50(8,9)10)33(38)22-32(28)29-12-13-31-34(20-29)42(26-45-15-18-49(5,6)7)40-36(31)37-39-30(24-43)23-41(37)25-44-14-17-48(2,3)4;1-2-13-8-21(30)19(24)9-18(13)14-3-4-17-20(7-14)28-29-22(17)23-26-11-16(27-23)10-25-15-5-6-31-12-15/h12-13,22-24,26,33,43H,11,14-21,25,27-30H2,1-10H3;12-13,20-24H,11,14-19,25-27H2,1-10H3;3-4,7-9,11,15,25,30H,2,5-6,10,12H2,1H3,(H,26,27)(H,28,29). The number of nitrogens with zero attached hydrogens (tertiary/aromatic N) is 10. The van der Waals surface area contributed by atoms with Gasteiger partial charge in [-0.05, 0) is 191 Å². The van der Waals surface area contributed by atoms with Crippen molar-refractivity contribution in [3.8, 4) is 85.2 Å². The number of rotatable bonds is 48. The minimum atomic E-state index is -1.29. The molecule has 2 fully saturated rings. The molecular weight excluding hydrogens is 1830 g/mol. The van der Waals surface area contributed by atoms with E-state index in [-0.39, 0.29) is 44.3 Å². The Labute approximate surface area is 807 Å². The number of H-pyrrole nitrogens is 2.